The molecular formula is C35H45N3O4. The average molecular weight is 572 g/mol. The Morgan fingerprint density at radius 3 is 2.62 bits per heavy atom. The number of benzene rings is 2. The van der Waals surface area contributed by atoms with Crippen LogP contribution in [0, 0.1) is 19.8 Å². The molecule has 224 valence electrons. The number of nitrogens with zero attached hydrogens (tertiary/aromatic N) is 2. The fourth-order valence-corrected chi connectivity index (χ4v) is 6.12. The van der Waals surface area contributed by atoms with Gasteiger partial charge in [0.1, 0.15) is 23.8 Å². The predicted octanol–water partition coefficient (Wildman–Crippen LogP) is 5.82. The van der Waals surface area contributed by atoms with E-state index in [1.54, 1.807) is 7.11 Å². The van der Waals surface area contributed by atoms with Crippen molar-refractivity contribution in [2.24, 2.45) is 5.92 Å². The third-order valence-electron chi connectivity index (χ3n) is 8.42. The Kier molecular flexibility index (Phi) is 9.19. The molecule has 0 bridgehead atoms. The van der Waals surface area contributed by atoms with Crippen LogP contribution >= 0.6 is 0 Å². The van der Waals surface area contributed by atoms with E-state index in [4.69, 9.17) is 19.2 Å². The van der Waals surface area contributed by atoms with E-state index in [9.17, 15) is 4.79 Å². The van der Waals surface area contributed by atoms with Gasteiger partial charge in [0.15, 0.2) is 0 Å². The summed E-state index contributed by atoms with van der Waals surface area (Å²) >= 11 is 0. The first-order valence-corrected chi connectivity index (χ1v) is 15.2. The molecule has 1 saturated heterocycles. The highest BCUT2D eigenvalue weighted by Crippen LogP contribution is 2.35. The zero-order valence-electron chi connectivity index (χ0n) is 26.0. The van der Waals surface area contributed by atoms with Crippen LogP contribution in [0.4, 0.5) is 5.82 Å². The molecule has 2 atom stereocenters. The van der Waals surface area contributed by atoms with Crippen LogP contribution in [0.25, 0.3) is 11.3 Å². The molecule has 2 aliphatic rings. The van der Waals surface area contributed by atoms with E-state index in [-0.39, 0.29) is 18.0 Å². The molecule has 0 radical (unpaired) electrons. The Bertz CT molecular complexity index is 1410. The van der Waals surface area contributed by atoms with Gasteiger partial charge in [-0.2, -0.15) is 0 Å². The van der Waals surface area contributed by atoms with Crippen molar-refractivity contribution in [3.63, 3.8) is 0 Å². The minimum atomic E-state index is -0.522. The maximum atomic E-state index is 12.9. The third-order valence-corrected chi connectivity index (χ3v) is 8.42. The van der Waals surface area contributed by atoms with Gasteiger partial charge in [0.2, 0.25) is 0 Å². The van der Waals surface area contributed by atoms with Crippen LogP contribution in [0.2, 0.25) is 0 Å². The lowest BCUT2D eigenvalue weighted by Crippen LogP contribution is -2.49. The van der Waals surface area contributed by atoms with Crippen molar-refractivity contribution in [1.82, 2.24) is 10.3 Å². The SMILES string of the molecule is CO[C@H]1CN(c2cccc(-c3cccc(C)c3OCc3ccc4c(c3C)CCNCC4)n2)CCC1C(=O)OC(C)(C)C. The Balaban J connectivity index is 1.35. The first kappa shape index (κ1) is 30.1. The number of ether oxygens (including phenoxy) is 3. The number of piperidine rings is 1. The summed E-state index contributed by atoms with van der Waals surface area (Å²) in [5, 5.41) is 3.51. The molecule has 0 spiro atoms. The highest BCUT2D eigenvalue weighted by molar-refractivity contribution is 5.74. The monoisotopic (exact) mass is 571 g/mol. The molecule has 0 amide bonds. The van der Waals surface area contributed by atoms with Crippen molar-refractivity contribution >= 4 is 11.8 Å². The molecule has 3 aromatic rings. The maximum absolute atomic E-state index is 12.9. The van der Waals surface area contributed by atoms with E-state index in [1.807, 2.05) is 39.0 Å². The molecule has 0 aliphatic carbocycles. The molecule has 0 saturated carbocycles. The highest BCUT2D eigenvalue weighted by Gasteiger charge is 2.37. The van der Waals surface area contributed by atoms with Gasteiger partial charge in [-0.05, 0) is 113 Å². The smallest absolute Gasteiger partial charge is 0.312 e. The van der Waals surface area contributed by atoms with E-state index in [1.165, 1.54) is 22.3 Å². The van der Waals surface area contributed by atoms with E-state index < -0.39 is 5.60 Å². The fourth-order valence-electron chi connectivity index (χ4n) is 6.12. The Hall–Kier alpha value is -3.42. The average Bonchev–Trinajstić information content (AvgIpc) is 3.22. The second-order valence-electron chi connectivity index (χ2n) is 12.5. The van der Waals surface area contributed by atoms with Gasteiger partial charge < -0.3 is 24.4 Å². The molecule has 1 fully saturated rings. The van der Waals surface area contributed by atoms with Crippen molar-refractivity contribution in [1.29, 1.82) is 0 Å². The van der Waals surface area contributed by atoms with Gasteiger partial charge in [0, 0.05) is 25.8 Å². The first-order chi connectivity index (χ1) is 20.1. The Morgan fingerprint density at radius 1 is 1.05 bits per heavy atom. The minimum Gasteiger partial charge on any atom is -0.488 e. The highest BCUT2D eigenvalue weighted by atomic mass is 16.6. The maximum Gasteiger partial charge on any atom is 0.312 e. The number of hydrogen-bond acceptors (Lipinski definition) is 7. The number of carbonyl (C=O) groups excluding carboxylic acids is 1. The van der Waals surface area contributed by atoms with Crippen LogP contribution in [-0.4, -0.2) is 55.9 Å². The standard InChI is InChI=1S/C35H45N3O4/c1-23-9-7-10-28(33(23)41-22-26-14-13-25-15-18-36-19-16-27(25)24(26)2)30-11-8-12-32(37-30)38-20-17-29(31(21-38)40-6)34(39)42-35(3,4)5/h7-14,29,31,36H,15-22H2,1-6H3/t29?,31-/m0/s1. The topological polar surface area (TPSA) is 72.9 Å². The predicted molar refractivity (Wildman–Crippen MR) is 167 cm³/mol. The zero-order chi connectivity index (χ0) is 29.9. The second-order valence-corrected chi connectivity index (χ2v) is 12.5. The molecule has 2 aromatic carbocycles. The molecule has 1 aromatic heterocycles. The number of methoxy groups -OCH3 is 1. The number of hydrogen-bond donors (Lipinski definition) is 1. The molecule has 42 heavy (non-hydrogen) atoms. The van der Waals surface area contributed by atoms with Gasteiger partial charge in [-0.25, -0.2) is 4.98 Å². The van der Waals surface area contributed by atoms with E-state index >= 15 is 0 Å². The number of para-hydroxylation sites is 1. The van der Waals surface area contributed by atoms with E-state index in [2.05, 4.69) is 54.4 Å². The van der Waals surface area contributed by atoms with Crippen LogP contribution in [0.5, 0.6) is 5.75 Å². The summed E-state index contributed by atoms with van der Waals surface area (Å²) in [5.74, 6) is 1.23. The lowest BCUT2D eigenvalue weighted by molar-refractivity contribution is -0.165. The first-order valence-electron chi connectivity index (χ1n) is 15.2. The molecule has 1 N–H and O–H groups in total. The summed E-state index contributed by atoms with van der Waals surface area (Å²) in [6.45, 7) is 13.8. The van der Waals surface area contributed by atoms with Gasteiger partial charge in [0.25, 0.3) is 0 Å². The summed E-state index contributed by atoms with van der Waals surface area (Å²) in [6, 6.07) is 16.8. The number of carbonyl (C=O) groups is 1. The van der Waals surface area contributed by atoms with Crippen LogP contribution < -0.4 is 15.0 Å². The number of aromatic nitrogens is 1. The van der Waals surface area contributed by atoms with Crippen molar-refractivity contribution in [2.75, 3.05) is 38.2 Å². The Labute approximate surface area is 250 Å². The number of aryl methyl sites for hydroxylation is 1. The summed E-state index contributed by atoms with van der Waals surface area (Å²) < 4.78 is 18.0. The number of pyridine rings is 1. The van der Waals surface area contributed by atoms with E-state index in [0.29, 0.717) is 26.1 Å². The lowest BCUT2D eigenvalue weighted by Gasteiger charge is -2.38. The minimum absolute atomic E-state index is 0.196. The van der Waals surface area contributed by atoms with E-state index in [0.717, 1.165) is 54.3 Å². The number of esters is 1. The number of anilines is 1. The molecular weight excluding hydrogens is 526 g/mol. The van der Waals surface area contributed by atoms with Crippen LogP contribution in [-0.2, 0) is 33.7 Å². The van der Waals surface area contributed by atoms with Crippen molar-refractivity contribution in [2.45, 2.75) is 72.2 Å². The number of fused-ring (bicyclic) bond motifs is 1. The van der Waals surface area contributed by atoms with Crippen LogP contribution in [0.1, 0.15) is 55.0 Å². The summed E-state index contributed by atoms with van der Waals surface area (Å²) in [5.41, 5.74) is 7.87. The fraction of sp³-hybridized carbons (Fsp3) is 0.486. The van der Waals surface area contributed by atoms with Crippen molar-refractivity contribution in [3.05, 3.63) is 76.3 Å². The zero-order valence-corrected chi connectivity index (χ0v) is 26.0. The van der Waals surface area contributed by atoms with Gasteiger partial charge in [0.05, 0.1) is 17.7 Å². The quantitative estimate of drug-likeness (QED) is 0.359. The molecule has 7 heteroatoms. The van der Waals surface area contributed by atoms with Crippen molar-refractivity contribution in [3.8, 4) is 17.0 Å². The summed E-state index contributed by atoms with van der Waals surface area (Å²) in [6.07, 6.45) is 2.51. The second kappa shape index (κ2) is 12.8. The van der Waals surface area contributed by atoms with Crippen LogP contribution in [0.3, 0.4) is 0 Å². The van der Waals surface area contributed by atoms with Gasteiger partial charge >= 0.3 is 5.97 Å². The van der Waals surface area contributed by atoms with Crippen molar-refractivity contribution < 1.29 is 19.0 Å². The normalized spacial score (nSPS) is 19.1. The summed E-state index contributed by atoms with van der Waals surface area (Å²) in [7, 11) is 1.66. The van der Waals surface area contributed by atoms with Gasteiger partial charge in [-0.3, -0.25) is 4.79 Å². The van der Waals surface area contributed by atoms with Gasteiger partial charge in [-0.15, -0.1) is 0 Å². The third kappa shape index (κ3) is 6.79. The molecule has 2 aliphatic heterocycles. The lowest BCUT2D eigenvalue weighted by atomic mass is 9.93. The van der Waals surface area contributed by atoms with Crippen LogP contribution in [0.15, 0.2) is 48.5 Å². The summed E-state index contributed by atoms with van der Waals surface area (Å²) in [4.78, 5) is 20.1. The largest absolute Gasteiger partial charge is 0.488 e. The Morgan fingerprint density at radius 2 is 1.83 bits per heavy atom. The number of rotatable bonds is 7. The molecule has 7 nitrogen and oxygen atoms in total. The van der Waals surface area contributed by atoms with Gasteiger partial charge in [-0.1, -0.05) is 30.3 Å². The molecule has 3 heterocycles. The number of nitrogens with one attached hydrogen (secondary N) is 1. The molecule has 1 unspecified atom stereocenters. The molecule has 5 rings (SSSR count).